The van der Waals surface area contributed by atoms with Crippen LogP contribution in [0.2, 0.25) is 0 Å². The first-order valence-electron chi connectivity index (χ1n) is 22.4. The molecule has 61 heavy (non-hydrogen) atoms. The quantitative estimate of drug-likeness (QED) is 0.0567. The third-order valence-corrected chi connectivity index (χ3v) is 12.8. The Kier molecular flexibility index (Phi) is 21.5. The molecule has 2 fully saturated rings. The van der Waals surface area contributed by atoms with Crippen molar-refractivity contribution in [3.8, 4) is 5.75 Å². The predicted molar refractivity (Wildman–Crippen MR) is 235 cm³/mol. The summed E-state index contributed by atoms with van der Waals surface area (Å²) in [6.07, 6.45) is -0.602. The van der Waals surface area contributed by atoms with Crippen LogP contribution in [0.4, 0.5) is 0 Å². The van der Waals surface area contributed by atoms with Crippen LogP contribution in [0.5, 0.6) is 5.75 Å². The number of Topliss-reactive ketones (excluding diaryl/α,β-unsaturated/α-hetero) is 1. The lowest BCUT2D eigenvalue weighted by Gasteiger charge is -2.47. The zero-order valence-corrected chi connectivity index (χ0v) is 39.1. The fraction of sp³-hybridized carbons (Fsp3) is 0.804. The molecular formula is C46H80N4O11. The minimum Gasteiger partial charge on any atom is -0.497 e. The van der Waals surface area contributed by atoms with E-state index < -0.39 is 77.3 Å². The van der Waals surface area contributed by atoms with E-state index in [4.69, 9.17) is 28.5 Å². The Bertz CT molecular complexity index is 1500. The van der Waals surface area contributed by atoms with Crippen LogP contribution in [0.25, 0.3) is 0 Å². The minimum absolute atomic E-state index is 0.181. The van der Waals surface area contributed by atoms with Gasteiger partial charge in [0, 0.05) is 44.0 Å². The molecule has 0 unspecified atom stereocenters. The highest BCUT2D eigenvalue weighted by molar-refractivity contribution is 6.00. The number of ketones is 1. The Morgan fingerprint density at radius 3 is 2.15 bits per heavy atom. The maximum absolute atomic E-state index is 14.2. The van der Waals surface area contributed by atoms with E-state index >= 15 is 0 Å². The molecule has 0 amide bonds. The summed E-state index contributed by atoms with van der Waals surface area (Å²) in [6, 6.07) is 7.82. The summed E-state index contributed by atoms with van der Waals surface area (Å²) < 4.78 is 30.1. The molecule has 0 aliphatic carbocycles. The molecule has 1 aromatic carbocycles. The third kappa shape index (κ3) is 14.7. The molecular weight excluding hydrogens is 785 g/mol. The van der Waals surface area contributed by atoms with E-state index in [1.54, 1.807) is 27.9 Å². The standard InChI is InChI=1S/C46H80N4O11/c1-13-37-46(8,55)41(53)31(4)38(49-58-25-24-47-22-16-14-15-17-23-48-28-34-18-20-35(56-11)21-19-34)29(2)27-45(7,57-12)42(32(5)39(51)33(6)43(54)60-37)61-44-40(52)36(50(9)10)26-30(3)59-44/h18-21,29-33,36-37,40-42,44,47-48,52-53,55H,13-17,22-28H2,1-12H3/b49-38+/t29-,30-,31+,32+,33-,36+,37-,40-,41-,42-,44+,45+,46-/m1/s1. The number of nitrogens with zero attached hydrogens (tertiary/aromatic N) is 2. The topological polar surface area (TPSA) is 190 Å². The fourth-order valence-electron chi connectivity index (χ4n) is 8.81. The zero-order chi connectivity index (χ0) is 45.5. The van der Waals surface area contributed by atoms with E-state index in [-0.39, 0.29) is 31.6 Å². The molecule has 13 atom stereocenters. The number of likely N-dealkylation sites (N-methyl/N-ethyl adjacent to an activating group) is 1. The van der Waals surface area contributed by atoms with Crippen LogP contribution in [-0.4, -0.2) is 146 Å². The number of esters is 1. The number of aliphatic hydroxyl groups is 3. The lowest BCUT2D eigenvalue weighted by molar-refractivity contribution is -0.295. The minimum atomic E-state index is -1.90. The molecule has 3 rings (SSSR count). The molecule has 0 radical (unpaired) electrons. The van der Waals surface area contributed by atoms with Crippen molar-refractivity contribution in [3.63, 3.8) is 0 Å². The average Bonchev–Trinajstić information content (AvgIpc) is 3.23. The monoisotopic (exact) mass is 865 g/mol. The molecule has 2 aliphatic heterocycles. The van der Waals surface area contributed by atoms with Crippen molar-refractivity contribution in [2.45, 2.75) is 161 Å². The van der Waals surface area contributed by atoms with Gasteiger partial charge in [-0.2, -0.15) is 0 Å². The summed E-state index contributed by atoms with van der Waals surface area (Å²) in [6.45, 7) is 17.2. The van der Waals surface area contributed by atoms with Crippen LogP contribution in [0.1, 0.15) is 106 Å². The second-order valence-corrected chi connectivity index (χ2v) is 18.0. The summed E-state index contributed by atoms with van der Waals surface area (Å²) in [5.74, 6) is -3.79. The highest BCUT2D eigenvalue weighted by atomic mass is 16.7. The van der Waals surface area contributed by atoms with Gasteiger partial charge < -0.3 is 59.4 Å². The number of hydrogen-bond donors (Lipinski definition) is 5. The number of rotatable bonds is 19. The Morgan fingerprint density at radius 1 is 0.918 bits per heavy atom. The van der Waals surface area contributed by atoms with Gasteiger partial charge in [0.05, 0.1) is 36.7 Å². The Labute approximate surface area is 365 Å². The van der Waals surface area contributed by atoms with E-state index in [9.17, 15) is 24.9 Å². The van der Waals surface area contributed by atoms with Gasteiger partial charge in [0.2, 0.25) is 0 Å². The lowest BCUT2D eigenvalue weighted by atomic mass is 9.74. The largest absolute Gasteiger partial charge is 0.497 e. The molecule has 1 aromatic rings. The van der Waals surface area contributed by atoms with Crippen molar-refractivity contribution in [1.29, 1.82) is 0 Å². The second-order valence-electron chi connectivity index (χ2n) is 18.0. The van der Waals surface area contributed by atoms with Gasteiger partial charge in [-0.05, 0) is 105 Å². The Morgan fingerprint density at radius 2 is 1.56 bits per heavy atom. The number of carbonyl (C=O) groups is 2. The molecule has 2 heterocycles. The molecule has 0 bridgehead atoms. The second kappa shape index (κ2) is 24.9. The number of unbranched alkanes of at least 4 members (excludes halogenated alkanes) is 3. The molecule has 0 spiro atoms. The van der Waals surface area contributed by atoms with Crippen molar-refractivity contribution < 1.29 is 53.4 Å². The summed E-state index contributed by atoms with van der Waals surface area (Å²) in [4.78, 5) is 35.6. The molecule has 350 valence electrons. The van der Waals surface area contributed by atoms with E-state index in [1.165, 1.54) is 26.5 Å². The maximum atomic E-state index is 14.2. The number of ether oxygens (including phenoxy) is 5. The number of nitrogens with one attached hydrogen (secondary N) is 2. The number of carbonyl (C=O) groups excluding carboxylic acids is 2. The van der Waals surface area contributed by atoms with Crippen molar-refractivity contribution >= 4 is 17.5 Å². The van der Waals surface area contributed by atoms with Crippen LogP contribution in [0, 0.1) is 23.7 Å². The molecule has 5 N–H and O–H groups in total. The first-order valence-corrected chi connectivity index (χ1v) is 22.4. The number of cyclic esters (lactones) is 1. The van der Waals surface area contributed by atoms with Crippen molar-refractivity contribution in [2.24, 2.45) is 28.8 Å². The Balaban J connectivity index is 1.75. The summed E-state index contributed by atoms with van der Waals surface area (Å²) in [5.41, 5.74) is -1.43. The van der Waals surface area contributed by atoms with Crippen molar-refractivity contribution in [3.05, 3.63) is 29.8 Å². The zero-order valence-electron chi connectivity index (χ0n) is 39.1. The number of benzene rings is 1. The molecule has 15 heteroatoms. The van der Waals surface area contributed by atoms with Gasteiger partial charge in [0.1, 0.15) is 36.1 Å². The van der Waals surface area contributed by atoms with Gasteiger partial charge in [-0.1, -0.05) is 57.8 Å². The first kappa shape index (κ1) is 52.6. The number of methoxy groups -OCH3 is 2. The van der Waals surface area contributed by atoms with Crippen molar-refractivity contribution in [1.82, 2.24) is 15.5 Å². The SMILES string of the molecule is CC[C@H]1OC(=O)[C@H](C)C(=O)[C@H](C)[C@@H](O[C@@H]2O[C@H](C)C[C@H](N(C)C)[C@H]2O)[C@@](C)(OC)C[C@@H](C)/C(=N\OCCNCCCCCCNCc2ccc(OC)cc2)[C@H](C)[C@@H](O)[C@]1(C)O. The number of hydrogen-bond acceptors (Lipinski definition) is 15. The van der Waals surface area contributed by atoms with Crippen molar-refractivity contribution in [2.75, 3.05) is 54.6 Å². The van der Waals surface area contributed by atoms with Crippen LogP contribution >= 0.6 is 0 Å². The van der Waals surface area contributed by atoms with Gasteiger partial charge in [0.15, 0.2) is 12.1 Å². The maximum Gasteiger partial charge on any atom is 0.316 e. The summed E-state index contributed by atoms with van der Waals surface area (Å²) in [5, 5.41) is 46.6. The number of oxime groups is 1. The molecule has 0 aromatic heterocycles. The number of aliphatic hydroxyl groups excluding tert-OH is 2. The van der Waals surface area contributed by atoms with Crippen LogP contribution in [0.3, 0.4) is 0 Å². The lowest BCUT2D eigenvalue weighted by Crippen LogP contribution is -2.60. The van der Waals surface area contributed by atoms with Gasteiger partial charge in [-0.15, -0.1) is 0 Å². The summed E-state index contributed by atoms with van der Waals surface area (Å²) >= 11 is 0. The highest BCUT2D eigenvalue weighted by Crippen LogP contribution is 2.38. The smallest absolute Gasteiger partial charge is 0.316 e. The molecule has 2 aliphatic rings. The highest BCUT2D eigenvalue weighted by Gasteiger charge is 2.51. The van der Waals surface area contributed by atoms with Crippen LogP contribution in [0.15, 0.2) is 29.4 Å². The third-order valence-electron chi connectivity index (χ3n) is 12.8. The van der Waals surface area contributed by atoms with E-state index in [2.05, 4.69) is 27.9 Å². The molecule has 0 saturated carbocycles. The van der Waals surface area contributed by atoms with E-state index in [0.717, 1.165) is 51.1 Å². The Hall–Kier alpha value is -2.73. The van der Waals surface area contributed by atoms with Gasteiger partial charge in [-0.25, -0.2) is 0 Å². The normalized spacial score (nSPS) is 35.2. The fourth-order valence-corrected chi connectivity index (χ4v) is 8.81. The van der Waals surface area contributed by atoms with Gasteiger partial charge in [0.25, 0.3) is 0 Å². The van der Waals surface area contributed by atoms with Gasteiger partial charge in [-0.3, -0.25) is 9.59 Å². The van der Waals surface area contributed by atoms with Gasteiger partial charge >= 0.3 is 5.97 Å². The van der Waals surface area contributed by atoms with Crippen LogP contribution < -0.4 is 15.4 Å². The molecule has 2 saturated heterocycles. The van der Waals surface area contributed by atoms with Crippen LogP contribution in [-0.2, 0) is 39.9 Å². The average molecular weight is 865 g/mol. The predicted octanol–water partition coefficient (Wildman–Crippen LogP) is 4.47. The first-order chi connectivity index (χ1) is 28.8. The summed E-state index contributed by atoms with van der Waals surface area (Å²) in [7, 11) is 6.96. The van der Waals surface area contributed by atoms with E-state index in [0.29, 0.717) is 18.7 Å². The molecule has 15 nitrogen and oxygen atoms in total. The van der Waals surface area contributed by atoms with E-state index in [1.807, 2.05) is 51.9 Å².